The Labute approximate surface area is 127 Å². The Balaban J connectivity index is 1.80. The summed E-state index contributed by atoms with van der Waals surface area (Å²) in [7, 11) is 0. The van der Waals surface area contributed by atoms with E-state index < -0.39 is 0 Å². The molecule has 0 aromatic carbocycles. The monoisotopic (exact) mass is 292 g/mol. The first-order valence-electron chi connectivity index (χ1n) is 8.17. The molecule has 2 unspecified atom stereocenters. The fourth-order valence-corrected chi connectivity index (χ4v) is 4.58. The van der Waals surface area contributed by atoms with Crippen molar-refractivity contribution in [2.24, 2.45) is 5.92 Å². The average Bonchev–Trinajstić information content (AvgIpc) is 2.91. The van der Waals surface area contributed by atoms with Crippen LogP contribution in [0.5, 0.6) is 0 Å². The minimum absolute atomic E-state index is 0.166. The number of nitrogens with one attached hydrogen (secondary N) is 1. The van der Waals surface area contributed by atoms with E-state index in [1.807, 2.05) is 11.3 Å². The van der Waals surface area contributed by atoms with Gasteiger partial charge in [-0.05, 0) is 31.6 Å². The maximum absolute atomic E-state index is 5.07. The highest BCUT2D eigenvalue weighted by atomic mass is 32.1. The van der Waals surface area contributed by atoms with Gasteiger partial charge in [-0.15, -0.1) is 11.3 Å². The van der Waals surface area contributed by atoms with Gasteiger partial charge >= 0.3 is 0 Å². The third-order valence-electron chi connectivity index (χ3n) is 4.60. The Morgan fingerprint density at radius 1 is 1.20 bits per heavy atom. The molecular weight excluding hydrogens is 264 g/mol. The molecule has 1 aromatic heterocycles. The first-order valence-corrected chi connectivity index (χ1v) is 8.98. The minimum atomic E-state index is 0.166. The number of hydrogen-bond acceptors (Lipinski definition) is 3. The van der Waals surface area contributed by atoms with Gasteiger partial charge < -0.3 is 5.32 Å². The average molecular weight is 292 g/mol. The zero-order valence-corrected chi connectivity index (χ0v) is 14.1. The normalized spacial score (nSPS) is 27.2. The quantitative estimate of drug-likeness (QED) is 0.877. The molecule has 0 saturated heterocycles. The highest BCUT2D eigenvalue weighted by molar-refractivity contribution is 7.11. The summed E-state index contributed by atoms with van der Waals surface area (Å²) >= 11 is 1.98. The van der Waals surface area contributed by atoms with Crippen LogP contribution in [-0.4, -0.2) is 11.0 Å². The van der Waals surface area contributed by atoms with E-state index in [1.54, 1.807) is 0 Å². The molecule has 2 atom stereocenters. The third-order valence-corrected chi connectivity index (χ3v) is 5.81. The zero-order valence-electron chi connectivity index (χ0n) is 13.3. The van der Waals surface area contributed by atoms with Crippen molar-refractivity contribution in [3.63, 3.8) is 0 Å². The van der Waals surface area contributed by atoms with Gasteiger partial charge in [0.15, 0.2) is 0 Å². The lowest BCUT2D eigenvalue weighted by Crippen LogP contribution is -2.20. The molecule has 2 nitrogen and oxygen atoms in total. The largest absolute Gasteiger partial charge is 0.309 e. The van der Waals surface area contributed by atoms with Crippen LogP contribution >= 0.6 is 11.3 Å². The summed E-state index contributed by atoms with van der Waals surface area (Å²) in [6.07, 6.45) is 6.78. The lowest BCUT2D eigenvalue weighted by molar-refractivity contribution is 0.551. The van der Waals surface area contributed by atoms with Crippen LogP contribution in [0.4, 0.5) is 0 Å². The number of aromatic nitrogens is 1. The van der Waals surface area contributed by atoms with Crippen LogP contribution in [0.1, 0.15) is 81.3 Å². The highest BCUT2D eigenvalue weighted by Gasteiger charge is 2.30. The van der Waals surface area contributed by atoms with Gasteiger partial charge in [-0.1, -0.05) is 34.1 Å². The van der Waals surface area contributed by atoms with E-state index in [1.165, 1.54) is 47.7 Å². The Bertz CT molecular complexity index is 468. The summed E-state index contributed by atoms with van der Waals surface area (Å²) in [6.45, 7) is 10.3. The van der Waals surface area contributed by atoms with Crippen LogP contribution in [0.3, 0.4) is 0 Å². The topological polar surface area (TPSA) is 24.9 Å². The summed E-state index contributed by atoms with van der Waals surface area (Å²) in [5.74, 6) is 1.61. The molecular formula is C17H28N2S. The number of rotatable bonds is 4. The first kappa shape index (κ1) is 14.5. The van der Waals surface area contributed by atoms with E-state index in [-0.39, 0.29) is 5.41 Å². The number of thiazole rings is 1. The van der Waals surface area contributed by atoms with Crippen LogP contribution in [0.2, 0.25) is 0 Å². The number of nitrogens with zero attached hydrogens (tertiary/aromatic N) is 1. The van der Waals surface area contributed by atoms with E-state index in [0.29, 0.717) is 0 Å². The van der Waals surface area contributed by atoms with Gasteiger partial charge in [0.2, 0.25) is 0 Å². The second-order valence-electron chi connectivity index (χ2n) is 7.84. The van der Waals surface area contributed by atoms with E-state index in [4.69, 9.17) is 4.98 Å². The SMILES string of the molecule is CC1CCC(c2nc(C(C)(C)C)c(CNC3CC3)s2)C1. The van der Waals surface area contributed by atoms with Gasteiger partial charge in [0.25, 0.3) is 0 Å². The van der Waals surface area contributed by atoms with Gasteiger partial charge in [0.1, 0.15) is 0 Å². The van der Waals surface area contributed by atoms with Crippen LogP contribution in [0.15, 0.2) is 0 Å². The van der Waals surface area contributed by atoms with Gasteiger partial charge in [-0.25, -0.2) is 4.98 Å². The lowest BCUT2D eigenvalue weighted by atomic mass is 9.91. The molecule has 0 spiro atoms. The molecule has 2 aliphatic carbocycles. The van der Waals surface area contributed by atoms with Crippen molar-refractivity contribution < 1.29 is 0 Å². The van der Waals surface area contributed by atoms with E-state index in [2.05, 4.69) is 33.0 Å². The summed E-state index contributed by atoms with van der Waals surface area (Å²) in [4.78, 5) is 6.56. The first-order chi connectivity index (χ1) is 9.43. The molecule has 0 bridgehead atoms. The summed E-state index contributed by atoms with van der Waals surface area (Å²) in [6, 6.07) is 0.778. The molecule has 2 fully saturated rings. The zero-order chi connectivity index (χ0) is 14.3. The number of hydrogen-bond donors (Lipinski definition) is 1. The van der Waals surface area contributed by atoms with Crippen LogP contribution in [0.25, 0.3) is 0 Å². The van der Waals surface area contributed by atoms with Crippen molar-refractivity contribution in [3.8, 4) is 0 Å². The maximum Gasteiger partial charge on any atom is 0.0962 e. The second kappa shape index (κ2) is 5.42. The van der Waals surface area contributed by atoms with E-state index in [0.717, 1.165) is 24.4 Å². The maximum atomic E-state index is 5.07. The Morgan fingerprint density at radius 2 is 1.95 bits per heavy atom. The molecule has 1 heterocycles. The van der Waals surface area contributed by atoms with Crippen molar-refractivity contribution >= 4 is 11.3 Å². The van der Waals surface area contributed by atoms with Crippen molar-refractivity contribution in [1.82, 2.24) is 10.3 Å². The molecule has 112 valence electrons. The third kappa shape index (κ3) is 3.25. The van der Waals surface area contributed by atoms with Crippen molar-refractivity contribution in [2.45, 2.75) is 83.7 Å². The highest BCUT2D eigenvalue weighted by Crippen LogP contribution is 2.42. The van der Waals surface area contributed by atoms with Crippen molar-refractivity contribution in [1.29, 1.82) is 0 Å². The minimum Gasteiger partial charge on any atom is -0.309 e. The van der Waals surface area contributed by atoms with Crippen molar-refractivity contribution in [3.05, 3.63) is 15.6 Å². The predicted molar refractivity (Wildman–Crippen MR) is 86.4 cm³/mol. The molecule has 0 radical (unpaired) electrons. The fourth-order valence-electron chi connectivity index (χ4n) is 3.21. The van der Waals surface area contributed by atoms with E-state index in [9.17, 15) is 0 Å². The summed E-state index contributed by atoms with van der Waals surface area (Å²) < 4.78 is 0. The molecule has 0 aliphatic heterocycles. The Morgan fingerprint density at radius 3 is 2.50 bits per heavy atom. The molecule has 20 heavy (non-hydrogen) atoms. The molecule has 3 rings (SSSR count). The van der Waals surface area contributed by atoms with Gasteiger partial charge in [-0.3, -0.25) is 0 Å². The standard InChI is InChI=1S/C17H28N2S/c1-11-5-6-12(9-11)16-19-15(17(2,3)4)14(20-16)10-18-13-7-8-13/h11-13,18H,5-10H2,1-4H3. The Hall–Kier alpha value is -0.410. The van der Waals surface area contributed by atoms with Gasteiger partial charge in [0.05, 0.1) is 10.7 Å². The summed E-state index contributed by atoms with van der Waals surface area (Å²) in [5.41, 5.74) is 1.50. The molecule has 2 saturated carbocycles. The smallest absolute Gasteiger partial charge is 0.0962 e. The lowest BCUT2D eigenvalue weighted by Gasteiger charge is -2.18. The Kier molecular flexibility index (Phi) is 3.93. The van der Waals surface area contributed by atoms with Gasteiger partial charge in [0, 0.05) is 28.8 Å². The molecule has 2 aliphatic rings. The van der Waals surface area contributed by atoms with E-state index >= 15 is 0 Å². The fraction of sp³-hybridized carbons (Fsp3) is 0.824. The van der Waals surface area contributed by atoms with Crippen molar-refractivity contribution in [2.75, 3.05) is 0 Å². The summed E-state index contributed by atoms with van der Waals surface area (Å²) in [5, 5.41) is 5.08. The van der Waals surface area contributed by atoms with Crippen LogP contribution < -0.4 is 5.32 Å². The molecule has 3 heteroatoms. The van der Waals surface area contributed by atoms with Gasteiger partial charge in [-0.2, -0.15) is 0 Å². The molecule has 1 N–H and O–H groups in total. The van der Waals surface area contributed by atoms with Crippen LogP contribution in [0, 0.1) is 5.92 Å². The predicted octanol–water partition coefficient (Wildman–Crippen LogP) is 4.60. The second-order valence-corrected chi connectivity index (χ2v) is 8.96. The van der Waals surface area contributed by atoms with Crippen LogP contribution in [-0.2, 0) is 12.0 Å². The molecule has 1 aromatic rings. The molecule has 0 amide bonds.